The Morgan fingerprint density at radius 3 is 2.44 bits per heavy atom. The van der Waals surface area contributed by atoms with Gasteiger partial charge in [0.25, 0.3) is 0 Å². The van der Waals surface area contributed by atoms with Crippen LogP contribution in [0.1, 0.15) is 5.56 Å². The Hall–Kier alpha value is -3.85. The summed E-state index contributed by atoms with van der Waals surface area (Å²) < 4.78 is 34.7. The second-order valence-electron chi connectivity index (χ2n) is 8.41. The lowest BCUT2D eigenvalue weighted by Crippen LogP contribution is -2.44. The molecular weight excluding hydrogens is 440 g/mol. The molecule has 0 bridgehead atoms. The number of hydrogen-bond donors (Lipinski definition) is 0. The minimum Gasteiger partial charge on any atom is -0.421 e. The summed E-state index contributed by atoms with van der Waals surface area (Å²) in [5.41, 5.74) is 1.92. The predicted molar refractivity (Wildman–Crippen MR) is 125 cm³/mol. The van der Waals surface area contributed by atoms with Crippen LogP contribution < -0.4 is 10.6 Å². The number of likely N-dealkylation sites (N-methyl/N-ethyl adjacent to an activating group) is 1. The van der Waals surface area contributed by atoms with Gasteiger partial charge in [-0.1, -0.05) is 12.1 Å². The molecule has 34 heavy (non-hydrogen) atoms. The molecule has 1 fully saturated rings. The first-order valence-electron chi connectivity index (χ1n) is 11.0. The van der Waals surface area contributed by atoms with Gasteiger partial charge in [-0.15, -0.1) is 0 Å². The summed E-state index contributed by atoms with van der Waals surface area (Å²) in [5, 5.41) is 0. The standard InChI is InChI=1S/C25H23F2N5O2/c1-30-5-7-31(8-6-30)23-14-28-24(34-23)18-4-2-3-17(9-18)15-32-16-20(13-29-25(32)33)19-10-21(26)12-22(27)11-19/h2-4,9-14,16H,5-8,15H2,1H3. The van der Waals surface area contributed by atoms with Crippen LogP contribution in [0.3, 0.4) is 0 Å². The van der Waals surface area contributed by atoms with Crippen molar-refractivity contribution in [1.29, 1.82) is 0 Å². The van der Waals surface area contributed by atoms with Crippen LogP contribution in [0.15, 0.2) is 70.3 Å². The summed E-state index contributed by atoms with van der Waals surface area (Å²) in [4.78, 5) is 25.1. The van der Waals surface area contributed by atoms with Crippen molar-refractivity contribution in [2.75, 3.05) is 38.1 Å². The molecule has 0 atom stereocenters. The van der Waals surface area contributed by atoms with Crippen LogP contribution >= 0.6 is 0 Å². The molecule has 7 nitrogen and oxygen atoms in total. The smallest absolute Gasteiger partial charge is 0.347 e. The molecule has 0 aliphatic carbocycles. The van der Waals surface area contributed by atoms with Crippen molar-refractivity contribution in [3.05, 3.63) is 88.7 Å². The third-order valence-electron chi connectivity index (χ3n) is 5.89. The van der Waals surface area contributed by atoms with E-state index in [2.05, 4.69) is 26.8 Å². The Morgan fingerprint density at radius 1 is 0.912 bits per heavy atom. The van der Waals surface area contributed by atoms with Crippen LogP contribution in [0.25, 0.3) is 22.6 Å². The zero-order valence-electron chi connectivity index (χ0n) is 18.6. The third-order valence-corrected chi connectivity index (χ3v) is 5.89. The number of aromatic nitrogens is 3. The van der Waals surface area contributed by atoms with Crippen LogP contribution in [0.4, 0.5) is 14.7 Å². The Bertz CT molecular complexity index is 1360. The van der Waals surface area contributed by atoms with Gasteiger partial charge in [-0.25, -0.2) is 23.5 Å². The Morgan fingerprint density at radius 2 is 1.68 bits per heavy atom. The number of hydrogen-bond acceptors (Lipinski definition) is 6. The molecule has 0 radical (unpaired) electrons. The highest BCUT2D eigenvalue weighted by Gasteiger charge is 2.18. The van der Waals surface area contributed by atoms with E-state index < -0.39 is 17.3 Å². The lowest BCUT2D eigenvalue weighted by atomic mass is 10.1. The van der Waals surface area contributed by atoms with Gasteiger partial charge in [-0.2, -0.15) is 0 Å². The summed E-state index contributed by atoms with van der Waals surface area (Å²) >= 11 is 0. The lowest BCUT2D eigenvalue weighted by Gasteiger charge is -2.31. The van der Waals surface area contributed by atoms with Gasteiger partial charge in [0.15, 0.2) is 0 Å². The molecule has 0 N–H and O–H groups in total. The molecule has 2 aromatic carbocycles. The fraction of sp³-hybridized carbons (Fsp3) is 0.240. The number of anilines is 1. The quantitative estimate of drug-likeness (QED) is 0.450. The second-order valence-corrected chi connectivity index (χ2v) is 8.41. The lowest BCUT2D eigenvalue weighted by molar-refractivity contribution is 0.306. The number of piperazine rings is 1. The van der Waals surface area contributed by atoms with Gasteiger partial charge < -0.3 is 14.2 Å². The number of halogens is 2. The summed E-state index contributed by atoms with van der Waals surface area (Å²) in [7, 11) is 2.10. The van der Waals surface area contributed by atoms with E-state index in [1.165, 1.54) is 22.9 Å². The maximum absolute atomic E-state index is 13.6. The summed E-state index contributed by atoms with van der Waals surface area (Å²) in [6.45, 7) is 3.93. The van der Waals surface area contributed by atoms with Crippen molar-refractivity contribution in [3.8, 4) is 22.6 Å². The first-order valence-corrected chi connectivity index (χ1v) is 11.0. The maximum Gasteiger partial charge on any atom is 0.347 e. The van der Waals surface area contributed by atoms with Crippen LogP contribution in [-0.4, -0.2) is 52.7 Å². The van der Waals surface area contributed by atoms with Gasteiger partial charge in [0.05, 0.1) is 12.7 Å². The fourth-order valence-electron chi connectivity index (χ4n) is 4.01. The molecule has 1 aliphatic rings. The van der Waals surface area contributed by atoms with Crippen LogP contribution in [0.2, 0.25) is 0 Å². The van der Waals surface area contributed by atoms with E-state index in [1.807, 2.05) is 24.3 Å². The van der Waals surface area contributed by atoms with Crippen LogP contribution in [0.5, 0.6) is 0 Å². The first-order chi connectivity index (χ1) is 16.4. The number of rotatable bonds is 5. The highest BCUT2D eigenvalue weighted by Crippen LogP contribution is 2.26. The van der Waals surface area contributed by atoms with Gasteiger partial charge in [0, 0.05) is 55.8 Å². The maximum atomic E-state index is 13.6. The number of nitrogens with zero attached hydrogens (tertiary/aromatic N) is 5. The third kappa shape index (κ3) is 4.74. The Kier molecular flexibility index (Phi) is 5.93. The molecule has 0 unspecified atom stereocenters. The van der Waals surface area contributed by atoms with Crippen molar-refractivity contribution in [1.82, 2.24) is 19.4 Å². The monoisotopic (exact) mass is 463 g/mol. The molecular formula is C25H23F2N5O2. The van der Waals surface area contributed by atoms with E-state index >= 15 is 0 Å². The molecule has 174 valence electrons. The largest absolute Gasteiger partial charge is 0.421 e. The predicted octanol–water partition coefficient (Wildman–Crippen LogP) is 3.64. The van der Waals surface area contributed by atoms with Crippen molar-refractivity contribution >= 4 is 5.88 Å². The molecule has 0 amide bonds. The normalized spacial score (nSPS) is 14.5. The number of oxazole rings is 1. The van der Waals surface area contributed by atoms with E-state index in [0.717, 1.165) is 49.3 Å². The van der Waals surface area contributed by atoms with E-state index in [0.29, 0.717) is 17.0 Å². The zero-order valence-corrected chi connectivity index (χ0v) is 18.6. The van der Waals surface area contributed by atoms with Crippen LogP contribution in [0, 0.1) is 11.6 Å². The van der Waals surface area contributed by atoms with Gasteiger partial charge >= 0.3 is 5.69 Å². The summed E-state index contributed by atoms with van der Waals surface area (Å²) in [6.07, 6.45) is 4.60. The first kappa shape index (κ1) is 22.0. The summed E-state index contributed by atoms with van der Waals surface area (Å²) in [5.74, 6) is -0.140. The minimum atomic E-state index is -0.692. The minimum absolute atomic E-state index is 0.233. The SMILES string of the molecule is CN1CCN(c2cnc(-c3cccc(Cn4cc(-c5cc(F)cc(F)c5)cnc4=O)c3)o2)CC1. The van der Waals surface area contributed by atoms with Gasteiger partial charge in [0.1, 0.15) is 11.6 Å². The number of benzene rings is 2. The topological polar surface area (TPSA) is 67.4 Å². The molecule has 5 rings (SSSR count). The van der Waals surface area contributed by atoms with Gasteiger partial charge in [0.2, 0.25) is 11.8 Å². The van der Waals surface area contributed by atoms with Crippen molar-refractivity contribution in [3.63, 3.8) is 0 Å². The molecule has 1 saturated heterocycles. The average Bonchev–Trinajstić information content (AvgIpc) is 3.31. The van der Waals surface area contributed by atoms with Crippen LogP contribution in [-0.2, 0) is 6.54 Å². The zero-order chi connectivity index (χ0) is 23.7. The molecule has 1 aliphatic heterocycles. The van der Waals surface area contributed by atoms with E-state index in [1.54, 1.807) is 12.4 Å². The van der Waals surface area contributed by atoms with Gasteiger partial charge in [-0.3, -0.25) is 4.57 Å². The van der Waals surface area contributed by atoms with E-state index in [4.69, 9.17) is 4.42 Å². The molecule has 3 heterocycles. The highest BCUT2D eigenvalue weighted by molar-refractivity contribution is 5.61. The average molecular weight is 463 g/mol. The Labute approximate surface area is 194 Å². The van der Waals surface area contributed by atoms with E-state index in [-0.39, 0.29) is 6.54 Å². The van der Waals surface area contributed by atoms with Crippen molar-refractivity contribution < 1.29 is 13.2 Å². The summed E-state index contributed by atoms with van der Waals surface area (Å²) in [6, 6.07) is 10.8. The van der Waals surface area contributed by atoms with Crippen molar-refractivity contribution in [2.24, 2.45) is 0 Å². The van der Waals surface area contributed by atoms with E-state index in [9.17, 15) is 13.6 Å². The molecule has 0 spiro atoms. The molecule has 9 heteroatoms. The van der Waals surface area contributed by atoms with Crippen molar-refractivity contribution in [2.45, 2.75) is 6.54 Å². The second kappa shape index (κ2) is 9.18. The fourth-order valence-corrected chi connectivity index (χ4v) is 4.01. The molecule has 2 aromatic heterocycles. The molecule has 4 aromatic rings. The highest BCUT2D eigenvalue weighted by atomic mass is 19.1. The van der Waals surface area contributed by atoms with Gasteiger partial charge in [-0.05, 0) is 42.4 Å². The molecule has 0 saturated carbocycles. The Balaban J connectivity index is 1.38.